The molecule has 3 rings (SSSR count). The lowest BCUT2D eigenvalue weighted by atomic mass is 10.2. The predicted molar refractivity (Wildman–Crippen MR) is 67.9 cm³/mol. The molecule has 0 radical (unpaired) electrons. The third-order valence-corrected chi connectivity index (χ3v) is 3.86. The van der Waals surface area contributed by atoms with E-state index in [9.17, 15) is 5.11 Å². The molecule has 3 nitrogen and oxygen atoms in total. The molecule has 1 aliphatic rings. The van der Waals surface area contributed by atoms with Crippen LogP contribution >= 0.6 is 11.3 Å². The molecule has 88 valence electrons. The van der Waals surface area contributed by atoms with Gasteiger partial charge in [-0.3, -0.25) is 0 Å². The average molecular weight is 248 g/mol. The van der Waals surface area contributed by atoms with E-state index in [0.717, 1.165) is 23.5 Å². The number of hydrogen-bond acceptors (Lipinski definition) is 3. The highest BCUT2D eigenvalue weighted by molar-refractivity contribution is 7.11. The summed E-state index contributed by atoms with van der Waals surface area (Å²) in [6, 6.07) is 9.72. The predicted octanol–water partition coefficient (Wildman–Crippen LogP) is 2.28. The summed E-state index contributed by atoms with van der Waals surface area (Å²) in [7, 11) is 0. The topological polar surface area (TPSA) is 36.4 Å². The van der Waals surface area contributed by atoms with Gasteiger partial charge in [-0.05, 0) is 0 Å². The maximum atomic E-state index is 9.94. The second-order valence-corrected chi connectivity index (χ2v) is 5.10. The summed E-state index contributed by atoms with van der Waals surface area (Å²) in [4.78, 5) is 0.818. The SMILES string of the molecule is Oc1sc(=[N+]2CCCC2)oc1-c1ccccc1. The number of rotatable bonds is 1. The Balaban J connectivity index is 2.11. The van der Waals surface area contributed by atoms with E-state index < -0.39 is 0 Å². The molecule has 1 fully saturated rings. The Kier molecular flexibility index (Phi) is 2.73. The first kappa shape index (κ1) is 10.6. The molecule has 0 unspecified atom stereocenters. The zero-order valence-electron chi connectivity index (χ0n) is 9.43. The molecule has 0 aliphatic carbocycles. The van der Waals surface area contributed by atoms with E-state index in [1.807, 2.05) is 30.3 Å². The van der Waals surface area contributed by atoms with Gasteiger partial charge in [-0.2, -0.15) is 4.58 Å². The zero-order chi connectivity index (χ0) is 11.7. The lowest BCUT2D eigenvalue weighted by molar-refractivity contribution is 0.444. The van der Waals surface area contributed by atoms with E-state index in [0.29, 0.717) is 5.76 Å². The minimum atomic E-state index is 0.262. The fourth-order valence-electron chi connectivity index (χ4n) is 2.08. The van der Waals surface area contributed by atoms with Gasteiger partial charge in [0.05, 0.1) is 0 Å². The van der Waals surface area contributed by atoms with E-state index >= 15 is 0 Å². The van der Waals surface area contributed by atoms with Crippen LogP contribution < -0.4 is 9.44 Å². The van der Waals surface area contributed by atoms with Crippen LogP contribution in [-0.2, 0) is 0 Å². The lowest BCUT2D eigenvalue weighted by Crippen LogP contribution is -2.23. The first-order valence-corrected chi connectivity index (χ1v) is 6.62. The molecule has 0 spiro atoms. The molecule has 4 heteroatoms. The van der Waals surface area contributed by atoms with Crippen molar-refractivity contribution < 1.29 is 9.52 Å². The highest BCUT2D eigenvalue weighted by Crippen LogP contribution is 2.30. The Labute approximate surface area is 103 Å². The molecular weight excluding hydrogens is 234 g/mol. The molecule has 1 N–H and O–H groups in total. The van der Waals surface area contributed by atoms with Crippen molar-refractivity contribution in [3.8, 4) is 16.4 Å². The van der Waals surface area contributed by atoms with Crippen LogP contribution in [0.25, 0.3) is 11.3 Å². The zero-order valence-corrected chi connectivity index (χ0v) is 10.2. The van der Waals surface area contributed by atoms with Gasteiger partial charge in [-0.15, -0.1) is 0 Å². The molecule has 0 amide bonds. The van der Waals surface area contributed by atoms with Crippen LogP contribution in [0.2, 0.25) is 0 Å². The Bertz CT molecular complexity index is 575. The summed E-state index contributed by atoms with van der Waals surface area (Å²) in [5.74, 6) is 0.581. The molecule has 0 saturated carbocycles. The summed E-state index contributed by atoms with van der Waals surface area (Å²) in [5.41, 5.74) is 0.923. The molecule has 2 aromatic rings. The summed E-state index contributed by atoms with van der Waals surface area (Å²) in [6.45, 7) is 2.05. The lowest BCUT2D eigenvalue weighted by Gasteiger charge is -1.94. The van der Waals surface area contributed by atoms with Gasteiger partial charge >= 0.3 is 4.87 Å². The van der Waals surface area contributed by atoms with Crippen molar-refractivity contribution in [3.05, 3.63) is 35.2 Å². The van der Waals surface area contributed by atoms with E-state index in [1.165, 1.54) is 24.2 Å². The summed E-state index contributed by atoms with van der Waals surface area (Å²) in [6.07, 6.45) is 2.41. The van der Waals surface area contributed by atoms with Crippen LogP contribution in [0.1, 0.15) is 12.8 Å². The highest BCUT2D eigenvalue weighted by atomic mass is 32.1. The fraction of sp³-hybridized carbons (Fsp3) is 0.308. The van der Waals surface area contributed by atoms with Gasteiger partial charge in [0.2, 0.25) is 5.06 Å². The second-order valence-electron chi connectivity index (χ2n) is 4.16. The number of nitrogens with zero attached hydrogens (tertiary/aromatic N) is 1. The largest absolute Gasteiger partial charge is 0.497 e. The van der Waals surface area contributed by atoms with Gasteiger partial charge in [-0.25, -0.2) is 0 Å². The van der Waals surface area contributed by atoms with Crippen molar-refractivity contribution in [2.24, 2.45) is 0 Å². The quantitative estimate of drug-likeness (QED) is 0.786. The van der Waals surface area contributed by atoms with Gasteiger partial charge in [0, 0.05) is 29.7 Å². The molecule has 1 aromatic heterocycles. The molecular formula is C13H14NO2S+. The van der Waals surface area contributed by atoms with Crippen LogP contribution in [0.15, 0.2) is 34.7 Å². The Morgan fingerprint density at radius 3 is 2.53 bits per heavy atom. The van der Waals surface area contributed by atoms with Gasteiger partial charge in [0.1, 0.15) is 13.1 Å². The monoisotopic (exact) mass is 248 g/mol. The summed E-state index contributed by atoms with van der Waals surface area (Å²) < 4.78 is 7.97. The van der Waals surface area contributed by atoms with Gasteiger partial charge in [-0.1, -0.05) is 30.3 Å². The Morgan fingerprint density at radius 1 is 1.12 bits per heavy atom. The number of aromatic hydroxyl groups is 1. The van der Waals surface area contributed by atoms with Gasteiger partial charge < -0.3 is 9.52 Å². The maximum Gasteiger partial charge on any atom is 0.433 e. The van der Waals surface area contributed by atoms with Crippen molar-refractivity contribution in [2.45, 2.75) is 12.8 Å². The van der Waals surface area contributed by atoms with E-state index in [-0.39, 0.29) is 5.06 Å². The Morgan fingerprint density at radius 2 is 1.82 bits per heavy atom. The van der Waals surface area contributed by atoms with Crippen LogP contribution in [0.3, 0.4) is 0 Å². The minimum absolute atomic E-state index is 0.262. The van der Waals surface area contributed by atoms with Gasteiger partial charge in [0.25, 0.3) is 0 Å². The van der Waals surface area contributed by atoms with Crippen LogP contribution in [-0.4, -0.2) is 18.2 Å². The van der Waals surface area contributed by atoms with E-state index in [2.05, 4.69) is 4.58 Å². The van der Waals surface area contributed by atoms with E-state index in [1.54, 1.807) is 0 Å². The van der Waals surface area contributed by atoms with Crippen LogP contribution in [0, 0.1) is 0 Å². The number of benzene rings is 1. The van der Waals surface area contributed by atoms with E-state index in [4.69, 9.17) is 4.42 Å². The van der Waals surface area contributed by atoms with Crippen molar-refractivity contribution >= 4 is 11.3 Å². The first-order chi connectivity index (χ1) is 8.34. The smallest absolute Gasteiger partial charge is 0.433 e. The maximum absolute atomic E-state index is 9.94. The molecule has 1 aliphatic heterocycles. The van der Waals surface area contributed by atoms with Crippen molar-refractivity contribution in [2.75, 3.05) is 13.1 Å². The number of hydrogen-bond donors (Lipinski definition) is 1. The Hall–Kier alpha value is -1.55. The van der Waals surface area contributed by atoms with Crippen molar-refractivity contribution in [1.82, 2.24) is 4.58 Å². The second kappa shape index (κ2) is 4.37. The average Bonchev–Trinajstić information content (AvgIpc) is 2.99. The normalized spacial score (nSPS) is 15.4. The summed E-state index contributed by atoms with van der Waals surface area (Å²) in [5, 5.41) is 10.2. The molecule has 1 aromatic carbocycles. The van der Waals surface area contributed by atoms with Gasteiger partial charge in [0.15, 0.2) is 5.76 Å². The standard InChI is InChI=1S/C13H13NO2S/c15-12-11(10-6-2-1-3-7-10)16-13(17-12)14-8-4-5-9-14/h1-3,6-7H,4-5,8-9H2/p+1. The molecule has 0 atom stereocenters. The van der Waals surface area contributed by atoms with Crippen molar-refractivity contribution in [1.29, 1.82) is 0 Å². The molecule has 2 heterocycles. The highest BCUT2D eigenvalue weighted by Gasteiger charge is 2.20. The first-order valence-electron chi connectivity index (χ1n) is 5.81. The minimum Gasteiger partial charge on any atom is -0.497 e. The van der Waals surface area contributed by atoms with Crippen molar-refractivity contribution in [3.63, 3.8) is 0 Å². The third-order valence-electron chi connectivity index (χ3n) is 2.97. The fourth-order valence-corrected chi connectivity index (χ4v) is 2.94. The van der Waals surface area contributed by atoms with Crippen LogP contribution in [0.4, 0.5) is 0 Å². The molecule has 1 saturated heterocycles. The van der Waals surface area contributed by atoms with Crippen LogP contribution in [0.5, 0.6) is 5.06 Å². The third kappa shape index (κ3) is 2.00. The molecule has 0 bridgehead atoms. The summed E-state index contributed by atoms with van der Waals surface area (Å²) >= 11 is 1.32. The molecule has 17 heavy (non-hydrogen) atoms.